The topological polar surface area (TPSA) is 51.2 Å². The summed E-state index contributed by atoms with van der Waals surface area (Å²) in [4.78, 5) is 0. The molecule has 0 aromatic carbocycles. The van der Waals surface area contributed by atoms with E-state index < -0.39 is 0 Å². The molecule has 0 amide bonds. The molecule has 3 heteroatoms. The minimum absolute atomic E-state index is 0.318. The van der Waals surface area contributed by atoms with Crippen LogP contribution in [0.1, 0.15) is 31.4 Å². The van der Waals surface area contributed by atoms with Gasteiger partial charge in [0.25, 0.3) is 0 Å². The summed E-state index contributed by atoms with van der Waals surface area (Å²) in [6.07, 6.45) is 6.62. The van der Waals surface area contributed by atoms with E-state index in [4.69, 9.17) is 10.2 Å². The average Bonchev–Trinajstić information content (AvgIpc) is 2.69. The normalized spacial score (nSPS) is 27.8. The minimum Gasteiger partial charge on any atom is -0.468 e. The maximum Gasteiger partial charge on any atom is 0.117 e. The van der Waals surface area contributed by atoms with E-state index in [-0.39, 0.29) is 0 Å². The van der Waals surface area contributed by atoms with Crippen molar-refractivity contribution in [3.63, 3.8) is 0 Å². The second-order valence-electron chi connectivity index (χ2n) is 4.02. The van der Waals surface area contributed by atoms with E-state index in [9.17, 15) is 0 Å². The fourth-order valence-electron chi connectivity index (χ4n) is 2.06. The van der Waals surface area contributed by atoms with Crippen LogP contribution in [0.2, 0.25) is 0 Å². The highest BCUT2D eigenvalue weighted by molar-refractivity contribution is 4.98. The summed E-state index contributed by atoms with van der Waals surface area (Å²) in [5.74, 6) is 0.989. The van der Waals surface area contributed by atoms with Gasteiger partial charge in [-0.15, -0.1) is 0 Å². The first-order valence-electron chi connectivity index (χ1n) is 5.37. The second-order valence-corrected chi connectivity index (χ2v) is 4.02. The SMILES string of the molecule is N[C@H]1CCCC[C@@H]1NCc1ccco1. The summed E-state index contributed by atoms with van der Waals surface area (Å²) in [6, 6.07) is 4.69. The molecule has 3 N–H and O–H groups in total. The summed E-state index contributed by atoms with van der Waals surface area (Å²) in [6.45, 7) is 0.797. The predicted molar refractivity (Wildman–Crippen MR) is 55.8 cm³/mol. The van der Waals surface area contributed by atoms with Crippen LogP contribution in [-0.4, -0.2) is 12.1 Å². The third kappa shape index (κ3) is 2.36. The molecule has 1 aromatic rings. The highest BCUT2D eigenvalue weighted by Crippen LogP contribution is 2.17. The van der Waals surface area contributed by atoms with Crippen LogP contribution < -0.4 is 11.1 Å². The number of hydrogen-bond donors (Lipinski definition) is 2. The second kappa shape index (κ2) is 4.62. The zero-order chi connectivity index (χ0) is 9.80. The Kier molecular flexibility index (Phi) is 3.22. The van der Waals surface area contributed by atoms with Gasteiger partial charge in [0, 0.05) is 12.1 Å². The van der Waals surface area contributed by atoms with Crippen LogP contribution in [0.3, 0.4) is 0 Å². The highest BCUT2D eigenvalue weighted by Gasteiger charge is 2.20. The fraction of sp³-hybridized carbons (Fsp3) is 0.636. The van der Waals surface area contributed by atoms with E-state index in [2.05, 4.69) is 5.32 Å². The van der Waals surface area contributed by atoms with Crippen molar-refractivity contribution in [2.45, 2.75) is 44.3 Å². The van der Waals surface area contributed by atoms with Gasteiger partial charge in [-0.3, -0.25) is 0 Å². The monoisotopic (exact) mass is 194 g/mol. The van der Waals surface area contributed by atoms with Crippen LogP contribution in [0.4, 0.5) is 0 Å². The summed E-state index contributed by atoms with van der Waals surface area (Å²) < 4.78 is 5.26. The van der Waals surface area contributed by atoms with Crippen molar-refractivity contribution in [3.05, 3.63) is 24.2 Å². The van der Waals surface area contributed by atoms with Gasteiger partial charge in [-0.1, -0.05) is 12.8 Å². The van der Waals surface area contributed by atoms with E-state index in [1.165, 1.54) is 19.3 Å². The van der Waals surface area contributed by atoms with E-state index in [1.54, 1.807) is 6.26 Å². The molecule has 0 unspecified atom stereocenters. The Hall–Kier alpha value is -0.800. The van der Waals surface area contributed by atoms with E-state index in [1.807, 2.05) is 12.1 Å². The molecule has 0 radical (unpaired) electrons. The van der Waals surface area contributed by atoms with Gasteiger partial charge < -0.3 is 15.5 Å². The maximum atomic E-state index is 6.03. The van der Waals surface area contributed by atoms with Gasteiger partial charge in [-0.05, 0) is 25.0 Å². The van der Waals surface area contributed by atoms with Crippen molar-refractivity contribution in [1.82, 2.24) is 5.32 Å². The Morgan fingerprint density at radius 2 is 2.29 bits per heavy atom. The molecule has 1 aliphatic rings. The molecule has 14 heavy (non-hydrogen) atoms. The van der Waals surface area contributed by atoms with Crippen LogP contribution in [0, 0.1) is 0 Å². The molecule has 78 valence electrons. The van der Waals surface area contributed by atoms with Gasteiger partial charge in [0.1, 0.15) is 5.76 Å². The lowest BCUT2D eigenvalue weighted by atomic mass is 9.91. The Morgan fingerprint density at radius 3 is 3.00 bits per heavy atom. The maximum absolute atomic E-state index is 6.03. The number of furan rings is 1. The number of rotatable bonds is 3. The van der Waals surface area contributed by atoms with Crippen molar-refractivity contribution >= 4 is 0 Å². The van der Waals surface area contributed by atoms with Crippen LogP contribution in [0.15, 0.2) is 22.8 Å². The first-order valence-corrected chi connectivity index (χ1v) is 5.37. The van der Waals surface area contributed by atoms with Crippen LogP contribution >= 0.6 is 0 Å². The van der Waals surface area contributed by atoms with Crippen molar-refractivity contribution in [2.24, 2.45) is 5.73 Å². The molecule has 2 rings (SSSR count). The van der Waals surface area contributed by atoms with Crippen molar-refractivity contribution in [2.75, 3.05) is 0 Å². The van der Waals surface area contributed by atoms with Crippen LogP contribution in [0.5, 0.6) is 0 Å². The smallest absolute Gasteiger partial charge is 0.117 e. The molecule has 0 saturated heterocycles. The molecule has 2 atom stereocenters. The molecule has 0 aliphatic heterocycles. The van der Waals surface area contributed by atoms with Gasteiger partial charge in [-0.25, -0.2) is 0 Å². The molecule has 1 heterocycles. The number of nitrogens with one attached hydrogen (secondary N) is 1. The molecular weight excluding hydrogens is 176 g/mol. The zero-order valence-electron chi connectivity index (χ0n) is 8.41. The third-order valence-electron chi connectivity index (χ3n) is 2.94. The Bertz CT molecular complexity index is 258. The van der Waals surface area contributed by atoms with E-state index in [0.29, 0.717) is 12.1 Å². The third-order valence-corrected chi connectivity index (χ3v) is 2.94. The standard InChI is InChI=1S/C11H18N2O/c12-10-5-1-2-6-11(10)13-8-9-4-3-7-14-9/h3-4,7,10-11,13H,1-2,5-6,8,12H2/t10-,11-/m0/s1. The molecule has 1 aromatic heterocycles. The van der Waals surface area contributed by atoms with Gasteiger partial charge in [0.15, 0.2) is 0 Å². The van der Waals surface area contributed by atoms with Crippen molar-refractivity contribution < 1.29 is 4.42 Å². The summed E-state index contributed by atoms with van der Waals surface area (Å²) >= 11 is 0. The minimum atomic E-state index is 0.318. The molecule has 1 aliphatic carbocycles. The first-order chi connectivity index (χ1) is 6.86. The number of nitrogens with two attached hydrogens (primary N) is 1. The highest BCUT2D eigenvalue weighted by atomic mass is 16.3. The van der Waals surface area contributed by atoms with Crippen molar-refractivity contribution in [3.8, 4) is 0 Å². The molecule has 1 fully saturated rings. The summed E-state index contributed by atoms with van der Waals surface area (Å²) in [5.41, 5.74) is 6.03. The molecule has 3 nitrogen and oxygen atoms in total. The van der Waals surface area contributed by atoms with Crippen LogP contribution in [-0.2, 0) is 6.54 Å². The largest absolute Gasteiger partial charge is 0.468 e. The lowest BCUT2D eigenvalue weighted by molar-refractivity contribution is 0.317. The Labute approximate surface area is 84.7 Å². The lowest BCUT2D eigenvalue weighted by Gasteiger charge is -2.29. The molecular formula is C11H18N2O. The lowest BCUT2D eigenvalue weighted by Crippen LogP contribution is -2.46. The van der Waals surface area contributed by atoms with Gasteiger partial charge >= 0.3 is 0 Å². The molecule has 1 saturated carbocycles. The quantitative estimate of drug-likeness (QED) is 0.769. The van der Waals surface area contributed by atoms with Crippen LogP contribution in [0.25, 0.3) is 0 Å². The summed E-state index contributed by atoms with van der Waals surface area (Å²) in [7, 11) is 0. The predicted octanol–water partition coefficient (Wildman–Crippen LogP) is 1.64. The summed E-state index contributed by atoms with van der Waals surface area (Å²) in [5, 5.41) is 3.46. The zero-order valence-corrected chi connectivity index (χ0v) is 8.41. The average molecular weight is 194 g/mol. The fourth-order valence-corrected chi connectivity index (χ4v) is 2.06. The number of hydrogen-bond acceptors (Lipinski definition) is 3. The van der Waals surface area contributed by atoms with Crippen molar-refractivity contribution in [1.29, 1.82) is 0 Å². The molecule has 0 bridgehead atoms. The Morgan fingerprint density at radius 1 is 1.43 bits per heavy atom. The van der Waals surface area contributed by atoms with Gasteiger partial charge in [-0.2, -0.15) is 0 Å². The first kappa shape index (κ1) is 9.74. The van der Waals surface area contributed by atoms with Gasteiger partial charge in [0.05, 0.1) is 12.8 Å². The van der Waals surface area contributed by atoms with E-state index in [0.717, 1.165) is 18.7 Å². The molecule has 0 spiro atoms. The Balaban J connectivity index is 1.79. The van der Waals surface area contributed by atoms with Gasteiger partial charge in [0.2, 0.25) is 0 Å². The van der Waals surface area contributed by atoms with E-state index >= 15 is 0 Å².